The van der Waals surface area contributed by atoms with Gasteiger partial charge >= 0.3 is 0 Å². The van der Waals surface area contributed by atoms with E-state index in [-0.39, 0.29) is 12.4 Å². The van der Waals surface area contributed by atoms with Crippen molar-refractivity contribution in [2.24, 2.45) is 5.92 Å². The molecule has 0 aromatic heterocycles. The summed E-state index contributed by atoms with van der Waals surface area (Å²) < 4.78 is 28.6. The van der Waals surface area contributed by atoms with Crippen molar-refractivity contribution >= 4 is 28.3 Å². The van der Waals surface area contributed by atoms with Crippen LogP contribution in [0.4, 0.5) is 5.69 Å². The number of anilines is 1. The molecule has 1 saturated heterocycles. The zero-order valence-corrected chi connectivity index (χ0v) is 13.9. The number of halogens is 1. The smallest absolute Gasteiger partial charge is 0.279 e. The first-order chi connectivity index (χ1) is 9.47. The van der Waals surface area contributed by atoms with Gasteiger partial charge in [-0.1, -0.05) is 19.1 Å². The molecule has 1 aliphatic heterocycles. The fraction of sp³-hybridized carbons (Fsp3) is 0.571. The lowest BCUT2D eigenvalue weighted by Gasteiger charge is -2.29. The highest BCUT2D eigenvalue weighted by Gasteiger charge is 2.26. The molecule has 1 atom stereocenters. The van der Waals surface area contributed by atoms with Gasteiger partial charge in [-0.15, -0.1) is 12.4 Å². The maximum absolute atomic E-state index is 12.2. The normalized spacial score (nSPS) is 20.0. The first-order valence-electron chi connectivity index (χ1n) is 7.06. The molecule has 21 heavy (non-hydrogen) atoms. The van der Waals surface area contributed by atoms with Crippen LogP contribution in [0.1, 0.15) is 25.3 Å². The second-order valence-electron chi connectivity index (χ2n) is 5.50. The Bertz CT molecular complexity index is 534. The second kappa shape index (κ2) is 7.98. The van der Waals surface area contributed by atoms with Crippen molar-refractivity contribution in [2.45, 2.75) is 26.2 Å². The van der Waals surface area contributed by atoms with Crippen molar-refractivity contribution in [3.63, 3.8) is 0 Å². The minimum atomic E-state index is -3.34. The van der Waals surface area contributed by atoms with Crippen LogP contribution in [0.2, 0.25) is 0 Å². The first kappa shape index (κ1) is 18.2. The van der Waals surface area contributed by atoms with E-state index in [0.29, 0.717) is 32.0 Å². The maximum atomic E-state index is 12.2. The Balaban J connectivity index is 0.00000220. The zero-order valence-electron chi connectivity index (χ0n) is 12.3. The third-order valence-electron chi connectivity index (χ3n) is 3.64. The molecule has 1 aliphatic rings. The van der Waals surface area contributed by atoms with Gasteiger partial charge in [0.1, 0.15) is 0 Å². The number of nitrogens with two attached hydrogens (primary N) is 1. The summed E-state index contributed by atoms with van der Waals surface area (Å²) in [7, 11) is -3.34. The molecular formula is C14H24ClN3O2S. The Hall–Kier alpha value is -0.820. The van der Waals surface area contributed by atoms with Crippen LogP contribution in [0.3, 0.4) is 0 Å². The average molecular weight is 334 g/mol. The van der Waals surface area contributed by atoms with Crippen LogP contribution < -0.4 is 10.5 Å². The molecule has 3 N–H and O–H groups in total. The van der Waals surface area contributed by atoms with Gasteiger partial charge < -0.3 is 5.73 Å². The summed E-state index contributed by atoms with van der Waals surface area (Å²) in [4.78, 5) is 0. The van der Waals surface area contributed by atoms with Crippen LogP contribution in [-0.2, 0) is 16.6 Å². The Morgan fingerprint density at radius 1 is 1.33 bits per heavy atom. The lowest BCUT2D eigenvalue weighted by atomic mass is 10.0. The minimum Gasteiger partial charge on any atom is -0.399 e. The van der Waals surface area contributed by atoms with Crippen molar-refractivity contribution in [3.05, 3.63) is 29.8 Å². The summed E-state index contributed by atoms with van der Waals surface area (Å²) in [6, 6.07) is 7.51. The largest absolute Gasteiger partial charge is 0.399 e. The highest BCUT2D eigenvalue weighted by molar-refractivity contribution is 7.87. The van der Waals surface area contributed by atoms with E-state index in [0.717, 1.165) is 24.1 Å². The van der Waals surface area contributed by atoms with Crippen LogP contribution in [0, 0.1) is 5.92 Å². The number of nitrogens with one attached hydrogen (secondary N) is 1. The van der Waals surface area contributed by atoms with E-state index in [9.17, 15) is 8.42 Å². The molecule has 120 valence electrons. The van der Waals surface area contributed by atoms with Gasteiger partial charge in [0.25, 0.3) is 10.2 Å². The highest BCUT2D eigenvalue weighted by atomic mass is 35.5. The van der Waals surface area contributed by atoms with Gasteiger partial charge in [-0.25, -0.2) is 4.72 Å². The van der Waals surface area contributed by atoms with Gasteiger partial charge in [0.05, 0.1) is 0 Å². The average Bonchev–Trinajstić information content (AvgIpc) is 2.41. The first-order valence-corrected chi connectivity index (χ1v) is 8.50. The molecule has 1 heterocycles. The number of hydrogen-bond acceptors (Lipinski definition) is 3. The lowest BCUT2D eigenvalue weighted by molar-refractivity contribution is 0.278. The summed E-state index contributed by atoms with van der Waals surface area (Å²) in [6.07, 6.45) is 2.72. The molecule has 0 spiro atoms. The van der Waals surface area contributed by atoms with Crippen molar-refractivity contribution in [3.8, 4) is 0 Å². The summed E-state index contributed by atoms with van der Waals surface area (Å²) in [6.45, 7) is 3.76. The second-order valence-corrected chi connectivity index (χ2v) is 7.25. The molecule has 0 saturated carbocycles. The molecule has 5 nitrogen and oxygen atoms in total. The molecule has 0 aliphatic carbocycles. The molecule has 2 rings (SSSR count). The number of hydrogen-bond donors (Lipinski definition) is 2. The van der Waals surface area contributed by atoms with Crippen LogP contribution >= 0.6 is 12.4 Å². The number of nitrogen functional groups attached to an aromatic ring is 1. The molecule has 1 unspecified atom stereocenters. The standard InChI is InChI=1S/C14H23N3O2S.ClH/c1-12-3-2-10-17(11-12)20(18,19)16-9-8-13-4-6-14(15)7-5-13;/h4-7,12,16H,2-3,8-11,15H2,1H3;1H. The van der Waals surface area contributed by atoms with E-state index in [1.807, 2.05) is 24.3 Å². The van der Waals surface area contributed by atoms with Gasteiger partial charge in [0, 0.05) is 25.3 Å². The van der Waals surface area contributed by atoms with Crippen LogP contribution in [-0.4, -0.2) is 32.4 Å². The Labute approximate surface area is 133 Å². The predicted octanol–water partition coefficient (Wildman–Crippen LogP) is 1.80. The van der Waals surface area contributed by atoms with Crippen LogP contribution in [0.25, 0.3) is 0 Å². The third kappa shape index (κ3) is 5.47. The Morgan fingerprint density at radius 2 is 2.00 bits per heavy atom. The van der Waals surface area contributed by atoms with E-state index in [2.05, 4.69) is 11.6 Å². The Morgan fingerprint density at radius 3 is 2.62 bits per heavy atom. The minimum absolute atomic E-state index is 0. The van der Waals surface area contributed by atoms with Crippen molar-refractivity contribution in [1.82, 2.24) is 9.03 Å². The lowest BCUT2D eigenvalue weighted by Crippen LogP contribution is -2.46. The van der Waals surface area contributed by atoms with E-state index in [4.69, 9.17) is 5.73 Å². The van der Waals surface area contributed by atoms with Gasteiger partial charge in [-0.05, 0) is 42.9 Å². The molecule has 1 aromatic carbocycles. The number of nitrogens with zero attached hydrogens (tertiary/aromatic N) is 1. The van der Waals surface area contributed by atoms with Gasteiger partial charge in [-0.2, -0.15) is 12.7 Å². The molecule has 0 radical (unpaired) electrons. The number of benzene rings is 1. The fourth-order valence-electron chi connectivity index (χ4n) is 2.46. The quantitative estimate of drug-likeness (QED) is 0.807. The summed E-state index contributed by atoms with van der Waals surface area (Å²) in [5.74, 6) is 0.442. The molecule has 1 fully saturated rings. The van der Waals surface area contributed by atoms with Crippen molar-refractivity contribution < 1.29 is 8.42 Å². The molecule has 1 aromatic rings. The zero-order chi connectivity index (χ0) is 14.6. The van der Waals surface area contributed by atoms with E-state index in [1.165, 1.54) is 0 Å². The van der Waals surface area contributed by atoms with E-state index < -0.39 is 10.2 Å². The monoisotopic (exact) mass is 333 g/mol. The Kier molecular flexibility index (Phi) is 6.93. The van der Waals surface area contributed by atoms with Crippen molar-refractivity contribution in [2.75, 3.05) is 25.4 Å². The number of rotatable bonds is 5. The topological polar surface area (TPSA) is 75.4 Å². The van der Waals surface area contributed by atoms with Crippen LogP contribution in [0.5, 0.6) is 0 Å². The van der Waals surface area contributed by atoms with Gasteiger partial charge in [0.2, 0.25) is 0 Å². The van der Waals surface area contributed by atoms with E-state index >= 15 is 0 Å². The summed E-state index contributed by atoms with van der Waals surface area (Å²) >= 11 is 0. The molecule has 7 heteroatoms. The van der Waals surface area contributed by atoms with Gasteiger partial charge in [0.15, 0.2) is 0 Å². The molecule has 0 bridgehead atoms. The molecule has 0 amide bonds. The maximum Gasteiger partial charge on any atom is 0.279 e. The number of piperidine rings is 1. The van der Waals surface area contributed by atoms with Gasteiger partial charge in [-0.3, -0.25) is 0 Å². The summed E-state index contributed by atoms with van der Waals surface area (Å²) in [5.41, 5.74) is 7.41. The molecular weight excluding hydrogens is 310 g/mol. The van der Waals surface area contributed by atoms with E-state index in [1.54, 1.807) is 4.31 Å². The fourth-order valence-corrected chi connectivity index (χ4v) is 3.83. The van der Waals surface area contributed by atoms with Crippen LogP contribution in [0.15, 0.2) is 24.3 Å². The highest BCUT2D eigenvalue weighted by Crippen LogP contribution is 2.17. The SMILES string of the molecule is CC1CCCN(S(=O)(=O)NCCc2ccc(N)cc2)C1.Cl. The summed E-state index contributed by atoms with van der Waals surface area (Å²) in [5, 5.41) is 0. The van der Waals surface area contributed by atoms with Crippen molar-refractivity contribution in [1.29, 1.82) is 0 Å². The predicted molar refractivity (Wildman–Crippen MR) is 88.7 cm³/mol. The third-order valence-corrected chi connectivity index (χ3v) is 5.22.